The second-order valence-electron chi connectivity index (χ2n) is 7.47. The van der Waals surface area contributed by atoms with Crippen molar-refractivity contribution in [2.45, 2.75) is 32.2 Å². The zero-order valence-corrected chi connectivity index (χ0v) is 17.5. The zero-order valence-electron chi connectivity index (χ0n) is 17.5. The van der Waals surface area contributed by atoms with Crippen LogP contribution in [0.3, 0.4) is 0 Å². The molecule has 0 spiro atoms. The Hall–Kier alpha value is -2.48. The van der Waals surface area contributed by atoms with Crippen molar-refractivity contribution in [2.24, 2.45) is 5.92 Å². The number of benzene rings is 1. The molecule has 2 aliphatic rings. The van der Waals surface area contributed by atoms with Crippen LogP contribution in [0.15, 0.2) is 12.1 Å². The number of hydrogen-bond acceptors (Lipinski definition) is 6. The number of rotatable bonds is 7. The van der Waals surface area contributed by atoms with Gasteiger partial charge in [-0.2, -0.15) is 0 Å². The standard InChI is InChI=1S/C21H31N3O5/c1-4-29-20(25)13-23-21(26)22-12-14-5-7-24-8-6-15-10-18(27-2)19(28-3)11-16(15)17(24)9-14/h10-11,14,17H,4-9,12-13H2,1-3H3,(H2,22,23,26)/t14-,17+/m1/s1. The van der Waals surface area contributed by atoms with Gasteiger partial charge in [-0.05, 0) is 61.9 Å². The van der Waals surface area contributed by atoms with Crippen molar-refractivity contribution in [1.29, 1.82) is 0 Å². The first-order valence-corrected chi connectivity index (χ1v) is 10.2. The van der Waals surface area contributed by atoms with Gasteiger partial charge in [0.15, 0.2) is 11.5 Å². The lowest BCUT2D eigenvalue weighted by Crippen LogP contribution is -2.45. The summed E-state index contributed by atoms with van der Waals surface area (Å²) in [6, 6.07) is 4.18. The Kier molecular flexibility index (Phi) is 7.19. The van der Waals surface area contributed by atoms with Gasteiger partial charge in [-0.25, -0.2) is 4.79 Å². The molecule has 0 aromatic heterocycles. The molecule has 0 aliphatic carbocycles. The van der Waals surface area contributed by atoms with Crippen LogP contribution in [0.4, 0.5) is 4.79 Å². The van der Waals surface area contributed by atoms with Crippen LogP contribution in [0.2, 0.25) is 0 Å². The Labute approximate surface area is 171 Å². The lowest BCUT2D eigenvalue weighted by atomic mass is 9.82. The highest BCUT2D eigenvalue weighted by Gasteiger charge is 2.34. The minimum absolute atomic E-state index is 0.115. The molecule has 2 N–H and O–H groups in total. The average Bonchev–Trinajstić information content (AvgIpc) is 2.75. The van der Waals surface area contributed by atoms with Crippen molar-refractivity contribution in [3.63, 3.8) is 0 Å². The highest BCUT2D eigenvalue weighted by molar-refractivity contribution is 5.80. The minimum Gasteiger partial charge on any atom is -0.493 e. The fraction of sp³-hybridized carbons (Fsp3) is 0.619. The molecule has 1 aromatic carbocycles. The first-order valence-electron chi connectivity index (χ1n) is 10.2. The Morgan fingerprint density at radius 2 is 1.90 bits per heavy atom. The molecule has 0 saturated carbocycles. The molecule has 1 aromatic rings. The number of fused-ring (bicyclic) bond motifs is 3. The molecule has 1 saturated heterocycles. The van der Waals surface area contributed by atoms with E-state index in [1.807, 2.05) is 0 Å². The largest absolute Gasteiger partial charge is 0.493 e. The van der Waals surface area contributed by atoms with Crippen molar-refractivity contribution in [1.82, 2.24) is 15.5 Å². The highest BCUT2D eigenvalue weighted by Crippen LogP contribution is 2.42. The van der Waals surface area contributed by atoms with Crippen LogP contribution in [-0.2, 0) is 16.0 Å². The Balaban J connectivity index is 1.59. The summed E-state index contributed by atoms with van der Waals surface area (Å²) in [5.74, 6) is 1.47. The summed E-state index contributed by atoms with van der Waals surface area (Å²) in [5, 5.41) is 5.43. The van der Waals surface area contributed by atoms with Crippen LogP contribution in [0.1, 0.15) is 36.9 Å². The summed E-state index contributed by atoms with van der Waals surface area (Å²) >= 11 is 0. The van der Waals surface area contributed by atoms with Crippen LogP contribution >= 0.6 is 0 Å². The fourth-order valence-corrected chi connectivity index (χ4v) is 4.26. The van der Waals surface area contributed by atoms with Crippen molar-refractivity contribution >= 4 is 12.0 Å². The lowest BCUT2D eigenvalue weighted by molar-refractivity contribution is -0.141. The summed E-state index contributed by atoms with van der Waals surface area (Å²) in [7, 11) is 3.32. The topological polar surface area (TPSA) is 89.1 Å². The molecule has 29 heavy (non-hydrogen) atoms. The maximum Gasteiger partial charge on any atom is 0.325 e. The smallest absolute Gasteiger partial charge is 0.325 e. The monoisotopic (exact) mass is 405 g/mol. The maximum atomic E-state index is 12.0. The maximum absolute atomic E-state index is 12.0. The van der Waals surface area contributed by atoms with E-state index in [2.05, 4.69) is 27.7 Å². The SMILES string of the molecule is CCOC(=O)CNC(=O)NC[C@@H]1CCN2CCc3cc(OC)c(OC)cc3[C@@H]2C1. The number of amides is 2. The Morgan fingerprint density at radius 3 is 2.62 bits per heavy atom. The summed E-state index contributed by atoms with van der Waals surface area (Å²) in [6.45, 7) is 4.56. The number of methoxy groups -OCH3 is 2. The number of carbonyl (C=O) groups is 2. The van der Waals surface area contributed by atoms with Gasteiger partial charge in [-0.3, -0.25) is 9.69 Å². The number of piperidine rings is 1. The number of esters is 1. The van der Waals surface area contributed by atoms with Gasteiger partial charge < -0.3 is 24.8 Å². The van der Waals surface area contributed by atoms with Crippen molar-refractivity contribution < 1.29 is 23.8 Å². The van der Waals surface area contributed by atoms with Crippen LogP contribution in [0.5, 0.6) is 11.5 Å². The number of carbonyl (C=O) groups excluding carboxylic acids is 2. The minimum atomic E-state index is -0.431. The fourth-order valence-electron chi connectivity index (χ4n) is 4.26. The van der Waals surface area contributed by atoms with E-state index in [1.165, 1.54) is 11.1 Å². The summed E-state index contributed by atoms with van der Waals surface area (Å²) in [6.07, 6.45) is 3.02. The van der Waals surface area contributed by atoms with E-state index >= 15 is 0 Å². The van der Waals surface area contributed by atoms with E-state index < -0.39 is 5.97 Å². The third-order valence-corrected chi connectivity index (χ3v) is 5.74. The van der Waals surface area contributed by atoms with Gasteiger partial charge in [0.2, 0.25) is 0 Å². The molecule has 2 atom stereocenters. The molecule has 0 radical (unpaired) electrons. The van der Waals surface area contributed by atoms with E-state index in [4.69, 9.17) is 14.2 Å². The van der Waals surface area contributed by atoms with Gasteiger partial charge >= 0.3 is 12.0 Å². The molecule has 2 aliphatic heterocycles. The summed E-state index contributed by atoms with van der Waals surface area (Å²) in [4.78, 5) is 25.8. The predicted octanol–water partition coefficient (Wildman–Crippen LogP) is 1.88. The molecule has 0 bridgehead atoms. The number of nitrogens with one attached hydrogen (secondary N) is 2. The molecule has 1 fully saturated rings. The van der Waals surface area contributed by atoms with Crippen molar-refractivity contribution in [3.05, 3.63) is 23.3 Å². The van der Waals surface area contributed by atoms with Crippen LogP contribution in [0.25, 0.3) is 0 Å². The molecule has 8 nitrogen and oxygen atoms in total. The quantitative estimate of drug-likeness (QED) is 0.674. The van der Waals surface area contributed by atoms with E-state index in [-0.39, 0.29) is 12.6 Å². The molecule has 8 heteroatoms. The predicted molar refractivity (Wildman–Crippen MR) is 108 cm³/mol. The average molecular weight is 405 g/mol. The van der Waals surface area contributed by atoms with E-state index in [1.54, 1.807) is 21.1 Å². The third kappa shape index (κ3) is 5.12. The molecule has 2 amide bonds. The van der Waals surface area contributed by atoms with Crippen LogP contribution in [0, 0.1) is 5.92 Å². The molecule has 3 rings (SSSR count). The number of nitrogens with zero attached hydrogens (tertiary/aromatic N) is 1. The number of hydrogen-bond donors (Lipinski definition) is 2. The van der Waals surface area contributed by atoms with Gasteiger partial charge in [0.1, 0.15) is 6.54 Å². The number of urea groups is 1. The normalized spacial score (nSPS) is 20.8. The van der Waals surface area contributed by atoms with Gasteiger partial charge in [-0.15, -0.1) is 0 Å². The molecule has 0 unspecified atom stereocenters. The Morgan fingerprint density at radius 1 is 1.14 bits per heavy atom. The van der Waals surface area contributed by atoms with E-state index in [0.29, 0.717) is 25.1 Å². The Bertz CT molecular complexity index is 739. The second-order valence-corrected chi connectivity index (χ2v) is 7.47. The summed E-state index contributed by atoms with van der Waals surface area (Å²) < 4.78 is 15.8. The van der Waals surface area contributed by atoms with Gasteiger partial charge in [-0.1, -0.05) is 0 Å². The van der Waals surface area contributed by atoms with Gasteiger partial charge in [0.25, 0.3) is 0 Å². The highest BCUT2D eigenvalue weighted by atomic mass is 16.5. The third-order valence-electron chi connectivity index (χ3n) is 5.74. The van der Waals surface area contributed by atoms with Crippen molar-refractivity contribution in [2.75, 3.05) is 47.0 Å². The summed E-state index contributed by atoms with van der Waals surface area (Å²) in [5.41, 5.74) is 2.61. The zero-order chi connectivity index (χ0) is 20.8. The first-order chi connectivity index (χ1) is 14.0. The number of ether oxygens (including phenoxy) is 3. The molecular formula is C21H31N3O5. The van der Waals surface area contributed by atoms with Gasteiger partial charge in [0, 0.05) is 19.1 Å². The van der Waals surface area contributed by atoms with Crippen LogP contribution < -0.4 is 20.1 Å². The van der Waals surface area contributed by atoms with E-state index in [0.717, 1.165) is 43.9 Å². The van der Waals surface area contributed by atoms with E-state index in [9.17, 15) is 9.59 Å². The first kappa shape index (κ1) is 21.2. The molecular weight excluding hydrogens is 374 g/mol. The van der Waals surface area contributed by atoms with Crippen molar-refractivity contribution in [3.8, 4) is 11.5 Å². The van der Waals surface area contributed by atoms with Crippen LogP contribution in [-0.4, -0.2) is 63.9 Å². The molecule has 2 heterocycles. The lowest BCUT2D eigenvalue weighted by Gasteiger charge is -2.43. The molecule has 160 valence electrons. The van der Waals surface area contributed by atoms with Gasteiger partial charge in [0.05, 0.1) is 20.8 Å². The second kappa shape index (κ2) is 9.82.